The third kappa shape index (κ3) is 6.99. The molecule has 3 rings (SSSR count). The summed E-state index contributed by atoms with van der Waals surface area (Å²) in [5.41, 5.74) is 1.93. The third-order valence-corrected chi connectivity index (χ3v) is 3.76. The van der Waals surface area contributed by atoms with E-state index >= 15 is 0 Å². The van der Waals surface area contributed by atoms with E-state index in [-0.39, 0.29) is 0 Å². The van der Waals surface area contributed by atoms with Gasteiger partial charge in [-0.15, -0.1) is 24.8 Å². The summed E-state index contributed by atoms with van der Waals surface area (Å²) >= 11 is 10.7. The summed E-state index contributed by atoms with van der Waals surface area (Å²) < 4.78 is 0. The zero-order valence-corrected chi connectivity index (χ0v) is 16.6. The highest BCUT2D eigenvalue weighted by Gasteiger charge is 2.24. The molecule has 0 unspecified atom stereocenters. The molecule has 0 fully saturated rings. The molecular formula is C22H19Cl2NO3. The molecular weight excluding hydrogens is 397 g/mol. The van der Waals surface area contributed by atoms with E-state index in [0.29, 0.717) is 17.1 Å². The zero-order chi connectivity index (χ0) is 20.9. The molecule has 1 heterocycles. The Morgan fingerprint density at radius 3 is 1.93 bits per heavy atom. The molecule has 0 aromatic heterocycles. The second-order valence-corrected chi connectivity index (χ2v) is 5.79. The van der Waals surface area contributed by atoms with E-state index < -0.39 is 17.1 Å². The van der Waals surface area contributed by atoms with E-state index in [1.165, 1.54) is 42.0 Å². The molecule has 2 amide bonds. The van der Waals surface area contributed by atoms with Gasteiger partial charge < -0.3 is 0 Å². The lowest BCUT2D eigenvalue weighted by atomic mass is 10.2. The van der Waals surface area contributed by atoms with Crippen molar-refractivity contribution in [3.63, 3.8) is 0 Å². The largest absolute Gasteiger partial charge is 0.276 e. The Morgan fingerprint density at radius 2 is 1.46 bits per heavy atom. The number of rotatable bonds is 4. The van der Waals surface area contributed by atoms with Crippen molar-refractivity contribution < 1.29 is 14.4 Å². The minimum Gasteiger partial charge on any atom is -0.276 e. The van der Waals surface area contributed by atoms with Gasteiger partial charge in [0.25, 0.3) is 17.1 Å². The van der Waals surface area contributed by atoms with E-state index in [1.54, 1.807) is 0 Å². The summed E-state index contributed by atoms with van der Waals surface area (Å²) in [4.78, 5) is 34.5. The van der Waals surface area contributed by atoms with Crippen LogP contribution < -0.4 is 4.90 Å². The van der Waals surface area contributed by atoms with Crippen molar-refractivity contribution in [3.05, 3.63) is 97.1 Å². The predicted molar refractivity (Wildman–Crippen MR) is 116 cm³/mol. The lowest BCUT2D eigenvalue weighted by molar-refractivity contribution is -0.119. The fraction of sp³-hybridized carbons (Fsp3) is 0.0455. The summed E-state index contributed by atoms with van der Waals surface area (Å²) in [5, 5.41) is -0.580. The maximum Gasteiger partial charge on any atom is 0.258 e. The van der Waals surface area contributed by atoms with Gasteiger partial charge in [0, 0.05) is 23.6 Å². The number of carbonyl (C=O) groups is 3. The first kappa shape index (κ1) is 23.1. The fourth-order valence-electron chi connectivity index (χ4n) is 2.14. The summed E-state index contributed by atoms with van der Waals surface area (Å²) in [6, 6.07) is 16.0. The van der Waals surface area contributed by atoms with Crippen molar-refractivity contribution in [3.8, 4) is 0 Å². The first-order valence-corrected chi connectivity index (χ1v) is 9.07. The van der Waals surface area contributed by atoms with E-state index in [2.05, 4.69) is 13.2 Å². The van der Waals surface area contributed by atoms with Gasteiger partial charge in [-0.05, 0) is 41.4 Å². The SMILES string of the molecule is C=C.ClC/C=C/c1ccccc1.O=C(Cl)c1ccc(N2C(=O)C=CC2=O)cc1. The highest BCUT2D eigenvalue weighted by molar-refractivity contribution is 6.67. The monoisotopic (exact) mass is 415 g/mol. The highest BCUT2D eigenvalue weighted by Crippen LogP contribution is 2.19. The van der Waals surface area contributed by atoms with Crippen molar-refractivity contribution in [1.82, 2.24) is 0 Å². The Labute approximate surface area is 174 Å². The quantitative estimate of drug-likeness (QED) is 0.297. The predicted octanol–water partition coefficient (Wildman–Crippen LogP) is 5.24. The number of anilines is 1. The molecule has 1 aliphatic heterocycles. The summed E-state index contributed by atoms with van der Waals surface area (Å²) in [5.74, 6) is -0.209. The normalized spacial score (nSPS) is 12.3. The van der Waals surface area contributed by atoms with Crippen molar-refractivity contribution in [2.45, 2.75) is 0 Å². The molecule has 4 nitrogen and oxygen atoms in total. The number of carbonyl (C=O) groups excluding carboxylic acids is 3. The molecule has 0 radical (unpaired) electrons. The van der Waals surface area contributed by atoms with Crippen molar-refractivity contribution in [2.24, 2.45) is 0 Å². The highest BCUT2D eigenvalue weighted by atomic mass is 35.5. The van der Waals surface area contributed by atoms with Crippen LogP contribution in [0.3, 0.4) is 0 Å². The molecule has 2 aromatic rings. The van der Waals surface area contributed by atoms with Gasteiger partial charge >= 0.3 is 0 Å². The van der Waals surface area contributed by atoms with Crippen LogP contribution in [0.4, 0.5) is 5.69 Å². The van der Waals surface area contributed by atoms with E-state index in [9.17, 15) is 14.4 Å². The maximum atomic E-state index is 11.3. The Kier molecular flexibility index (Phi) is 10.3. The Hall–Kier alpha value is -2.95. The molecule has 0 saturated heterocycles. The molecule has 0 bridgehead atoms. The van der Waals surface area contributed by atoms with E-state index in [1.807, 2.05) is 42.5 Å². The molecule has 1 aliphatic rings. The number of hydrogen-bond acceptors (Lipinski definition) is 3. The minimum absolute atomic E-state index is 0.317. The van der Waals surface area contributed by atoms with Gasteiger partial charge in [0.05, 0.1) is 5.69 Å². The molecule has 0 aliphatic carbocycles. The maximum absolute atomic E-state index is 11.3. The first-order valence-electron chi connectivity index (χ1n) is 8.16. The molecule has 0 atom stereocenters. The molecule has 6 heteroatoms. The first-order chi connectivity index (χ1) is 13.5. The second-order valence-electron chi connectivity index (χ2n) is 5.13. The fourth-order valence-corrected chi connectivity index (χ4v) is 2.36. The van der Waals surface area contributed by atoms with Crippen LogP contribution in [-0.4, -0.2) is 22.9 Å². The summed E-state index contributed by atoms with van der Waals surface area (Å²) in [6.45, 7) is 6.00. The molecule has 144 valence electrons. The van der Waals surface area contributed by atoms with Crippen LogP contribution in [0.25, 0.3) is 6.08 Å². The van der Waals surface area contributed by atoms with Crippen LogP contribution in [0.5, 0.6) is 0 Å². The van der Waals surface area contributed by atoms with Crippen LogP contribution in [0, 0.1) is 0 Å². The number of benzene rings is 2. The van der Waals surface area contributed by atoms with Gasteiger partial charge in [-0.1, -0.05) is 42.5 Å². The van der Waals surface area contributed by atoms with E-state index in [4.69, 9.17) is 23.2 Å². The Bertz CT molecular complexity index is 841. The van der Waals surface area contributed by atoms with Crippen LogP contribution in [0.1, 0.15) is 15.9 Å². The van der Waals surface area contributed by atoms with Gasteiger partial charge in [-0.2, -0.15) is 0 Å². The van der Waals surface area contributed by atoms with Gasteiger partial charge in [0.2, 0.25) is 0 Å². The smallest absolute Gasteiger partial charge is 0.258 e. The number of halogens is 2. The average Bonchev–Trinajstić information content (AvgIpc) is 3.07. The van der Waals surface area contributed by atoms with Crippen LogP contribution in [0.15, 0.2) is 86.0 Å². The van der Waals surface area contributed by atoms with Crippen LogP contribution in [-0.2, 0) is 9.59 Å². The Balaban J connectivity index is 0.000000281. The number of alkyl halides is 1. The minimum atomic E-state index is -0.580. The molecule has 0 saturated carbocycles. The van der Waals surface area contributed by atoms with Gasteiger partial charge in [0.15, 0.2) is 0 Å². The van der Waals surface area contributed by atoms with E-state index in [0.717, 1.165) is 4.90 Å². The standard InChI is InChI=1S/C11H6ClNO3.C9H9Cl.C2H4/c12-11(16)7-1-3-8(4-2-7)13-9(14)5-6-10(13)15;10-8-4-7-9-5-2-1-3-6-9;1-2/h1-6H;1-7H,8H2;1-2H2/b;7-4+;. The topological polar surface area (TPSA) is 54.5 Å². The number of imide groups is 1. The third-order valence-electron chi connectivity index (χ3n) is 3.36. The van der Waals surface area contributed by atoms with Crippen molar-refractivity contribution >= 4 is 52.0 Å². The van der Waals surface area contributed by atoms with Gasteiger partial charge in [0.1, 0.15) is 0 Å². The van der Waals surface area contributed by atoms with Crippen LogP contribution >= 0.6 is 23.2 Å². The van der Waals surface area contributed by atoms with Crippen molar-refractivity contribution in [2.75, 3.05) is 10.8 Å². The molecule has 2 aromatic carbocycles. The average molecular weight is 416 g/mol. The Morgan fingerprint density at radius 1 is 0.929 bits per heavy atom. The lowest BCUT2D eigenvalue weighted by Crippen LogP contribution is -2.29. The molecule has 0 spiro atoms. The number of nitrogens with zero attached hydrogens (tertiary/aromatic N) is 1. The van der Waals surface area contributed by atoms with Crippen LogP contribution in [0.2, 0.25) is 0 Å². The summed E-state index contributed by atoms with van der Waals surface area (Å²) in [6.07, 6.45) is 6.33. The molecule has 28 heavy (non-hydrogen) atoms. The van der Waals surface area contributed by atoms with Gasteiger partial charge in [-0.25, -0.2) is 4.90 Å². The number of amides is 2. The zero-order valence-electron chi connectivity index (χ0n) is 15.1. The van der Waals surface area contributed by atoms with Gasteiger partial charge in [-0.3, -0.25) is 14.4 Å². The molecule has 0 N–H and O–H groups in total. The van der Waals surface area contributed by atoms with Crippen molar-refractivity contribution in [1.29, 1.82) is 0 Å². The number of allylic oxidation sites excluding steroid dienone is 1. The second kappa shape index (κ2) is 12.4. The number of hydrogen-bond donors (Lipinski definition) is 0. The lowest BCUT2D eigenvalue weighted by Gasteiger charge is -2.13. The summed E-state index contributed by atoms with van der Waals surface area (Å²) in [7, 11) is 0.